The highest BCUT2D eigenvalue weighted by Crippen LogP contribution is 2.38. The number of amides is 2. The van der Waals surface area contributed by atoms with Crippen LogP contribution in [0.2, 0.25) is 15.1 Å². The molecule has 6 nitrogen and oxygen atoms in total. The number of hydrogen-bond donors (Lipinski definition) is 0. The van der Waals surface area contributed by atoms with Crippen LogP contribution in [0.15, 0.2) is 39.7 Å². The summed E-state index contributed by atoms with van der Waals surface area (Å²) in [4.78, 5) is 37.7. The lowest BCUT2D eigenvalue weighted by Gasteiger charge is -2.18. The van der Waals surface area contributed by atoms with E-state index in [9.17, 15) is 14.4 Å². The molecular weight excluding hydrogens is 565 g/mol. The molecule has 2 amide bonds. The SMILES string of the molecule is COC(=O)[C@@H](C)N1C(=O)S/C(=C/c2cc(Cl)c(OCc3ccc(Cl)c(Cl)c3)c(Br)c2)C1=O. The zero-order valence-corrected chi connectivity index (χ0v) is 21.3. The Labute approximate surface area is 211 Å². The summed E-state index contributed by atoms with van der Waals surface area (Å²) >= 11 is 22.5. The molecule has 0 unspecified atom stereocenters. The molecule has 0 radical (unpaired) electrons. The highest BCUT2D eigenvalue weighted by atomic mass is 79.9. The van der Waals surface area contributed by atoms with Crippen LogP contribution in [-0.2, 0) is 20.9 Å². The first kappa shape index (κ1) is 24.9. The Kier molecular flexibility index (Phi) is 8.16. The highest BCUT2D eigenvalue weighted by molar-refractivity contribution is 9.10. The molecule has 1 fully saturated rings. The number of thioether (sulfide) groups is 1. The maximum Gasteiger partial charge on any atom is 0.328 e. The monoisotopic (exact) mass is 577 g/mol. The van der Waals surface area contributed by atoms with Crippen LogP contribution in [0, 0.1) is 0 Å². The molecule has 0 bridgehead atoms. The quantitative estimate of drug-likeness (QED) is 0.284. The average molecular weight is 580 g/mol. The molecule has 0 aliphatic carbocycles. The number of nitrogens with zero attached hydrogens (tertiary/aromatic N) is 1. The third-order valence-electron chi connectivity index (χ3n) is 4.44. The minimum Gasteiger partial charge on any atom is -0.486 e. The zero-order valence-electron chi connectivity index (χ0n) is 16.7. The van der Waals surface area contributed by atoms with Gasteiger partial charge in [-0.2, -0.15) is 0 Å². The molecule has 1 aliphatic rings. The Hall–Kier alpha value is -1.71. The summed E-state index contributed by atoms with van der Waals surface area (Å²) in [6.07, 6.45) is 1.52. The normalized spacial score (nSPS) is 15.9. The van der Waals surface area contributed by atoms with Gasteiger partial charge in [0.05, 0.1) is 31.6 Å². The number of hydrogen-bond acceptors (Lipinski definition) is 6. The Bertz CT molecular complexity index is 1120. The van der Waals surface area contributed by atoms with Gasteiger partial charge in [0, 0.05) is 0 Å². The summed E-state index contributed by atoms with van der Waals surface area (Å²) in [6.45, 7) is 1.64. The lowest BCUT2D eigenvalue weighted by atomic mass is 10.2. The van der Waals surface area contributed by atoms with Crippen molar-refractivity contribution < 1.29 is 23.9 Å². The number of imide groups is 1. The van der Waals surface area contributed by atoms with E-state index < -0.39 is 23.2 Å². The predicted octanol–water partition coefficient (Wildman–Crippen LogP) is 6.59. The number of benzene rings is 2. The standard InChI is InChI=1S/C21H15BrCl3NO5S/c1-10(20(28)30-2)26-19(27)17(32-21(26)29)8-12-5-13(22)18(16(25)7-12)31-9-11-3-4-14(23)15(24)6-11/h3-8,10H,9H2,1-2H3/b17-8+/t10-/m1/s1. The molecule has 168 valence electrons. The van der Waals surface area contributed by atoms with Crippen LogP contribution in [0.1, 0.15) is 18.1 Å². The number of ether oxygens (including phenoxy) is 2. The van der Waals surface area contributed by atoms with E-state index in [-0.39, 0.29) is 11.5 Å². The smallest absolute Gasteiger partial charge is 0.328 e. The van der Waals surface area contributed by atoms with Gasteiger partial charge in [-0.15, -0.1) is 0 Å². The number of rotatable bonds is 6. The van der Waals surface area contributed by atoms with Crippen molar-refractivity contribution in [2.75, 3.05) is 7.11 Å². The molecule has 1 heterocycles. The molecule has 11 heteroatoms. The predicted molar refractivity (Wildman–Crippen MR) is 129 cm³/mol. The lowest BCUT2D eigenvalue weighted by Crippen LogP contribution is -2.42. The van der Waals surface area contributed by atoms with Crippen molar-refractivity contribution in [3.05, 3.63) is 65.9 Å². The molecule has 2 aromatic rings. The molecule has 1 atom stereocenters. The van der Waals surface area contributed by atoms with Crippen molar-refractivity contribution in [1.82, 2.24) is 4.90 Å². The number of halogens is 4. The van der Waals surface area contributed by atoms with Crippen molar-refractivity contribution in [2.24, 2.45) is 0 Å². The molecule has 0 spiro atoms. The van der Waals surface area contributed by atoms with Crippen LogP contribution in [0.25, 0.3) is 6.08 Å². The fourth-order valence-electron chi connectivity index (χ4n) is 2.83. The molecule has 0 aromatic heterocycles. The van der Waals surface area contributed by atoms with Gasteiger partial charge in [0.15, 0.2) is 5.75 Å². The summed E-state index contributed by atoms with van der Waals surface area (Å²) in [6, 6.07) is 7.45. The van der Waals surface area contributed by atoms with Crippen molar-refractivity contribution in [1.29, 1.82) is 0 Å². The third-order valence-corrected chi connectivity index (χ3v) is 6.93. The molecule has 3 rings (SSSR count). The van der Waals surface area contributed by atoms with E-state index in [2.05, 4.69) is 20.7 Å². The number of esters is 1. The zero-order chi connectivity index (χ0) is 23.6. The van der Waals surface area contributed by atoms with Crippen molar-refractivity contribution in [2.45, 2.75) is 19.6 Å². The minimum absolute atomic E-state index is 0.165. The minimum atomic E-state index is -1.02. The van der Waals surface area contributed by atoms with E-state index in [0.29, 0.717) is 30.9 Å². The van der Waals surface area contributed by atoms with Gasteiger partial charge < -0.3 is 9.47 Å². The summed E-state index contributed by atoms with van der Waals surface area (Å²) in [7, 11) is 1.19. The fourth-order valence-corrected chi connectivity index (χ4v) is 5.04. The van der Waals surface area contributed by atoms with Crippen molar-refractivity contribution in [3.63, 3.8) is 0 Å². The van der Waals surface area contributed by atoms with Crippen LogP contribution in [0.4, 0.5) is 4.79 Å². The summed E-state index contributed by atoms with van der Waals surface area (Å²) in [5, 5.41) is 0.617. The molecule has 1 aliphatic heterocycles. The first-order valence-electron chi connectivity index (χ1n) is 9.03. The van der Waals surface area contributed by atoms with E-state index in [1.165, 1.54) is 20.1 Å². The maximum atomic E-state index is 12.6. The van der Waals surface area contributed by atoms with Crippen LogP contribution in [0.5, 0.6) is 5.75 Å². The summed E-state index contributed by atoms with van der Waals surface area (Å²) in [5.74, 6) is -0.852. The molecular formula is C21H15BrCl3NO5S. The lowest BCUT2D eigenvalue weighted by molar-refractivity contribution is -0.148. The van der Waals surface area contributed by atoms with E-state index in [0.717, 1.165) is 22.2 Å². The van der Waals surface area contributed by atoms with Gasteiger partial charge in [0.2, 0.25) is 0 Å². The Morgan fingerprint density at radius 1 is 1.16 bits per heavy atom. The summed E-state index contributed by atoms with van der Waals surface area (Å²) in [5.41, 5.74) is 1.37. The fraction of sp³-hybridized carbons (Fsp3) is 0.190. The van der Waals surface area contributed by atoms with Gasteiger partial charge >= 0.3 is 5.97 Å². The number of methoxy groups -OCH3 is 1. The van der Waals surface area contributed by atoms with E-state index in [4.69, 9.17) is 39.5 Å². The van der Waals surface area contributed by atoms with Gasteiger partial charge in [0.1, 0.15) is 12.6 Å². The molecule has 32 heavy (non-hydrogen) atoms. The third kappa shape index (κ3) is 5.43. The van der Waals surface area contributed by atoms with Crippen LogP contribution >= 0.6 is 62.5 Å². The molecule has 0 N–H and O–H groups in total. The van der Waals surface area contributed by atoms with E-state index in [1.54, 1.807) is 30.3 Å². The van der Waals surface area contributed by atoms with Gasteiger partial charge in [-0.25, -0.2) is 4.79 Å². The highest BCUT2D eigenvalue weighted by Gasteiger charge is 2.41. The molecule has 2 aromatic carbocycles. The number of carbonyl (C=O) groups is 3. The van der Waals surface area contributed by atoms with Crippen molar-refractivity contribution >= 4 is 85.7 Å². The Morgan fingerprint density at radius 3 is 2.50 bits per heavy atom. The van der Waals surface area contributed by atoms with Crippen LogP contribution in [-0.4, -0.2) is 35.2 Å². The second-order valence-corrected chi connectivity index (χ2v) is 9.67. The topological polar surface area (TPSA) is 72.9 Å². The van der Waals surface area contributed by atoms with Gasteiger partial charge in [0.25, 0.3) is 11.1 Å². The van der Waals surface area contributed by atoms with Gasteiger partial charge in [-0.1, -0.05) is 40.9 Å². The largest absolute Gasteiger partial charge is 0.486 e. The number of carbonyl (C=O) groups excluding carboxylic acids is 3. The second-order valence-electron chi connectivity index (χ2n) is 6.60. The Balaban J connectivity index is 1.79. The van der Waals surface area contributed by atoms with E-state index >= 15 is 0 Å². The molecule has 0 saturated carbocycles. The first-order chi connectivity index (χ1) is 15.1. The van der Waals surface area contributed by atoms with Crippen LogP contribution in [0.3, 0.4) is 0 Å². The van der Waals surface area contributed by atoms with Crippen molar-refractivity contribution in [3.8, 4) is 5.75 Å². The first-order valence-corrected chi connectivity index (χ1v) is 11.8. The average Bonchev–Trinajstić information content (AvgIpc) is 3.01. The maximum absolute atomic E-state index is 12.6. The van der Waals surface area contributed by atoms with Crippen LogP contribution < -0.4 is 4.74 Å². The van der Waals surface area contributed by atoms with E-state index in [1.807, 2.05) is 0 Å². The summed E-state index contributed by atoms with van der Waals surface area (Å²) < 4.78 is 11.0. The van der Waals surface area contributed by atoms with Gasteiger partial charge in [-0.3, -0.25) is 14.5 Å². The Morgan fingerprint density at radius 2 is 1.88 bits per heavy atom. The van der Waals surface area contributed by atoms with Gasteiger partial charge in [-0.05, 0) is 76.1 Å². The second kappa shape index (κ2) is 10.5. The molecule has 1 saturated heterocycles.